The standard InChI is InChI=1S/C27H21N3/c1-4-12-21(13-5-1)27(22-14-6-2-7-15-22,23-16-8-3-9-17-23)28-20-26-29-24-18-10-11-19-25(24)30-26/h1-20H,(H,29,30). The minimum Gasteiger partial charge on any atom is -0.337 e. The molecule has 3 nitrogen and oxygen atoms in total. The van der Waals surface area contributed by atoms with E-state index in [1.165, 1.54) is 0 Å². The van der Waals surface area contributed by atoms with E-state index in [1.54, 1.807) is 0 Å². The molecular weight excluding hydrogens is 366 g/mol. The molecule has 0 atom stereocenters. The average molecular weight is 387 g/mol. The summed E-state index contributed by atoms with van der Waals surface area (Å²) in [6.45, 7) is 0. The normalized spacial score (nSPS) is 11.9. The molecule has 5 rings (SSSR count). The third kappa shape index (κ3) is 3.20. The Bertz CT molecular complexity index is 1140. The van der Waals surface area contributed by atoms with Crippen molar-refractivity contribution in [1.82, 2.24) is 9.97 Å². The summed E-state index contributed by atoms with van der Waals surface area (Å²) in [5.41, 5.74) is 4.58. The zero-order chi connectivity index (χ0) is 20.2. The number of hydrogen-bond acceptors (Lipinski definition) is 2. The van der Waals surface area contributed by atoms with Crippen LogP contribution in [-0.4, -0.2) is 16.2 Å². The zero-order valence-electron chi connectivity index (χ0n) is 16.4. The second-order valence-electron chi connectivity index (χ2n) is 7.21. The van der Waals surface area contributed by atoms with Crippen LogP contribution in [-0.2, 0) is 5.54 Å². The topological polar surface area (TPSA) is 41.0 Å². The number of benzene rings is 4. The maximum atomic E-state index is 5.21. The fourth-order valence-electron chi connectivity index (χ4n) is 3.95. The molecule has 0 saturated carbocycles. The highest BCUT2D eigenvalue weighted by atomic mass is 15.0. The van der Waals surface area contributed by atoms with Crippen molar-refractivity contribution in [2.24, 2.45) is 4.99 Å². The van der Waals surface area contributed by atoms with Gasteiger partial charge in [0.2, 0.25) is 0 Å². The van der Waals surface area contributed by atoms with Crippen LogP contribution in [0.25, 0.3) is 11.0 Å². The van der Waals surface area contributed by atoms with Crippen molar-refractivity contribution in [3.63, 3.8) is 0 Å². The van der Waals surface area contributed by atoms with Gasteiger partial charge in [0, 0.05) is 0 Å². The van der Waals surface area contributed by atoms with Crippen LogP contribution in [0.5, 0.6) is 0 Å². The van der Waals surface area contributed by atoms with Crippen molar-refractivity contribution in [1.29, 1.82) is 0 Å². The Morgan fingerprint density at radius 1 is 0.600 bits per heavy atom. The summed E-state index contributed by atoms with van der Waals surface area (Å²) in [5, 5.41) is 0. The van der Waals surface area contributed by atoms with Gasteiger partial charge in [-0.2, -0.15) is 0 Å². The van der Waals surface area contributed by atoms with Crippen LogP contribution in [0, 0.1) is 0 Å². The van der Waals surface area contributed by atoms with Gasteiger partial charge < -0.3 is 4.98 Å². The number of aliphatic imine (C=N–C) groups is 1. The van der Waals surface area contributed by atoms with Crippen molar-refractivity contribution >= 4 is 17.2 Å². The van der Waals surface area contributed by atoms with Gasteiger partial charge in [-0.15, -0.1) is 0 Å². The number of para-hydroxylation sites is 2. The molecule has 0 radical (unpaired) electrons. The van der Waals surface area contributed by atoms with Crippen LogP contribution in [0.15, 0.2) is 120 Å². The molecule has 5 aromatic rings. The number of nitrogens with zero attached hydrogens (tertiary/aromatic N) is 2. The van der Waals surface area contributed by atoms with E-state index in [0.29, 0.717) is 0 Å². The van der Waals surface area contributed by atoms with E-state index < -0.39 is 5.54 Å². The first-order valence-corrected chi connectivity index (χ1v) is 10.0. The van der Waals surface area contributed by atoms with E-state index in [1.807, 2.05) is 48.7 Å². The average Bonchev–Trinajstić information content (AvgIpc) is 3.25. The fraction of sp³-hybridized carbons (Fsp3) is 0.0370. The predicted molar refractivity (Wildman–Crippen MR) is 123 cm³/mol. The number of nitrogens with one attached hydrogen (secondary N) is 1. The Morgan fingerprint density at radius 3 is 1.57 bits per heavy atom. The molecule has 144 valence electrons. The summed E-state index contributed by atoms with van der Waals surface area (Å²) in [5.74, 6) is 0.739. The third-order valence-electron chi connectivity index (χ3n) is 5.36. The molecule has 1 aromatic heterocycles. The monoisotopic (exact) mass is 387 g/mol. The summed E-state index contributed by atoms with van der Waals surface area (Å²) >= 11 is 0. The van der Waals surface area contributed by atoms with Crippen molar-refractivity contribution in [3.8, 4) is 0 Å². The number of aromatic nitrogens is 2. The lowest BCUT2D eigenvalue weighted by atomic mass is 9.77. The first-order valence-electron chi connectivity index (χ1n) is 10.0. The second kappa shape index (κ2) is 7.80. The highest BCUT2D eigenvalue weighted by molar-refractivity contribution is 5.84. The minimum atomic E-state index is -0.678. The summed E-state index contributed by atoms with van der Waals surface area (Å²) in [7, 11) is 0. The van der Waals surface area contributed by atoms with Crippen LogP contribution in [0.4, 0.5) is 0 Å². The Hall–Kier alpha value is -3.98. The van der Waals surface area contributed by atoms with Gasteiger partial charge in [-0.3, -0.25) is 4.99 Å². The van der Waals surface area contributed by atoms with Crippen LogP contribution in [0.1, 0.15) is 22.5 Å². The lowest BCUT2D eigenvalue weighted by molar-refractivity contribution is 0.659. The largest absolute Gasteiger partial charge is 0.337 e. The summed E-state index contributed by atoms with van der Waals surface area (Å²) in [6, 6.07) is 39.3. The van der Waals surface area contributed by atoms with Crippen LogP contribution in [0.2, 0.25) is 0 Å². The van der Waals surface area contributed by atoms with Gasteiger partial charge in [-0.1, -0.05) is 103 Å². The molecule has 0 saturated heterocycles. The van der Waals surface area contributed by atoms with Crippen molar-refractivity contribution < 1.29 is 0 Å². The Kier molecular flexibility index (Phi) is 4.70. The molecule has 0 spiro atoms. The van der Waals surface area contributed by atoms with Gasteiger partial charge in [0.25, 0.3) is 0 Å². The fourth-order valence-corrected chi connectivity index (χ4v) is 3.95. The Balaban J connectivity index is 1.75. The highest BCUT2D eigenvalue weighted by Crippen LogP contribution is 2.40. The molecule has 0 bridgehead atoms. The van der Waals surface area contributed by atoms with Gasteiger partial charge >= 0.3 is 0 Å². The zero-order valence-corrected chi connectivity index (χ0v) is 16.4. The van der Waals surface area contributed by atoms with Gasteiger partial charge in [0.05, 0.1) is 17.2 Å². The molecule has 0 aliphatic rings. The van der Waals surface area contributed by atoms with Crippen LogP contribution < -0.4 is 0 Å². The highest BCUT2D eigenvalue weighted by Gasteiger charge is 2.35. The molecule has 3 heteroatoms. The maximum absolute atomic E-state index is 5.21. The molecule has 0 unspecified atom stereocenters. The van der Waals surface area contributed by atoms with E-state index in [-0.39, 0.29) is 0 Å². The molecule has 0 aliphatic heterocycles. The Morgan fingerprint density at radius 2 is 1.07 bits per heavy atom. The first-order chi connectivity index (χ1) is 14.9. The maximum Gasteiger partial charge on any atom is 0.149 e. The van der Waals surface area contributed by atoms with E-state index in [0.717, 1.165) is 33.5 Å². The van der Waals surface area contributed by atoms with Crippen molar-refractivity contribution in [3.05, 3.63) is 138 Å². The van der Waals surface area contributed by atoms with Gasteiger partial charge in [-0.25, -0.2) is 4.98 Å². The molecule has 0 aliphatic carbocycles. The molecule has 1 N–H and O–H groups in total. The number of imidazole rings is 1. The number of rotatable bonds is 5. The third-order valence-corrected chi connectivity index (χ3v) is 5.36. The summed E-state index contributed by atoms with van der Waals surface area (Å²) in [6.07, 6.45) is 1.85. The van der Waals surface area contributed by atoms with Gasteiger partial charge in [0.1, 0.15) is 11.4 Å². The van der Waals surface area contributed by atoms with Crippen LogP contribution in [0.3, 0.4) is 0 Å². The van der Waals surface area contributed by atoms with E-state index >= 15 is 0 Å². The minimum absolute atomic E-state index is 0.678. The van der Waals surface area contributed by atoms with Crippen molar-refractivity contribution in [2.45, 2.75) is 5.54 Å². The number of hydrogen-bond donors (Lipinski definition) is 1. The van der Waals surface area contributed by atoms with E-state index in [4.69, 9.17) is 9.98 Å². The SMILES string of the molecule is C(=NC(c1ccccc1)(c1ccccc1)c1ccccc1)c1nc2ccccc2[nH]1. The Labute approximate surface area is 175 Å². The lowest BCUT2D eigenvalue weighted by Gasteiger charge is -2.32. The molecule has 1 heterocycles. The second-order valence-corrected chi connectivity index (χ2v) is 7.21. The quantitative estimate of drug-likeness (QED) is 0.293. The molecular formula is C27H21N3. The number of H-pyrrole nitrogens is 1. The lowest BCUT2D eigenvalue weighted by Crippen LogP contribution is -2.27. The number of fused-ring (bicyclic) bond motifs is 1. The van der Waals surface area contributed by atoms with Gasteiger partial charge in [-0.05, 0) is 28.8 Å². The van der Waals surface area contributed by atoms with E-state index in [9.17, 15) is 0 Å². The van der Waals surface area contributed by atoms with Gasteiger partial charge in [0.15, 0.2) is 0 Å². The van der Waals surface area contributed by atoms with Crippen LogP contribution >= 0.6 is 0 Å². The predicted octanol–water partition coefficient (Wildman–Crippen LogP) is 5.97. The van der Waals surface area contributed by atoms with E-state index in [2.05, 4.69) is 77.8 Å². The summed E-state index contributed by atoms with van der Waals surface area (Å²) < 4.78 is 0. The van der Waals surface area contributed by atoms with Crippen molar-refractivity contribution in [2.75, 3.05) is 0 Å². The molecule has 30 heavy (non-hydrogen) atoms. The molecule has 0 fully saturated rings. The molecule has 0 amide bonds. The summed E-state index contributed by atoms with van der Waals surface area (Å²) in [4.78, 5) is 13.3. The first kappa shape index (κ1) is 18.1. The molecule has 4 aromatic carbocycles. The smallest absolute Gasteiger partial charge is 0.149 e. The number of aromatic amines is 1.